The summed E-state index contributed by atoms with van der Waals surface area (Å²) < 4.78 is 57.7. The van der Waals surface area contributed by atoms with Crippen molar-refractivity contribution < 1.29 is 26.4 Å². The highest BCUT2D eigenvalue weighted by molar-refractivity contribution is 7.93. The normalized spacial score (nSPS) is 19.9. The minimum Gasteiger partial charge on any atom is -0.492 e. The first-order chi connectivity index (χ1) is 19.2. The molecular weight excluding hydrogens is 588 g/mol. The number of halogens is 1. The van der Waals surface area contributed by atoms with E-state index in [0.717, 1.165) is 17.3 Å². The first-order valence-electron chi connectivity index (χ1n) is 13.2. The Hall–Kier alpha value is -2.77. The van der Waals surface area contributed by atoms with Crippen LogP contribution in [-0.2, 0) is 31.2 Å². The standard InChI is InChI=1S/C28H33ClN4O6S2/c1-28(16-40(35,36)17-28)18-41(37,38)33-14-20-4-6-21(29)10-23(20)25(15-33)27(34)31-26-13-30-12-19-5-7-22(11-24(19)26)39-9-8-32(2)3/h4-7,10-13,25H,8-9,14-18H2,1-3H3,(H,31,34). The highest BCUT2D eigenvalue weighted by Gasteiger charge is 2.49. The Morgan fingerprint density at radius 1 is 1.20 bits per heavy atom. The average Bonchev–Trinajstić information content (AvgIpc) is 2.86. The third-order valence-corrected chi connectivity index (χ3v) is 12.0. The van der Waals surface area contributed by atoms with Gasteiger partial charge in [0.05, 0.1) is 35.1 Å². The Morgan fingerprint density at radius 2 is 1.95 bits per heavy atom. The van der Waals surface area contributed by atoms with Gasteiger partial charge in [-0.25, -0.2) is 16.8 Å². The summed E-state index contributed by atoms with van der Waals surface area (Å²) in [4.78, 5) is 20.1. The van der Waals surface area contributed by atoms with E-state index < -0.39 is 37.1 Å². The molecule has 41 heavy (non-hydrogen) atoms. The van der Waals surface area contributed by atoms with Crippen LogP contribution >= 0.6 is 11.6 Å². The monoisotopic (exact) mass is 620 g/mol. The van der Waals surface area contributed by atoms with E-state index in [1.165, 1.54) is 4.31 Å². The van der Waals surface area contributed by atoms with E-state index in [9.17, 15) is 21.6 Å². The SMILES string of the molecule is CN(C)CCOc1ccc2cncc(NC(=O)C3CN(S(=O)(=O)CC4(C)CS(=O)(=O)C4)Cc4ccc(Cl)cc43)c2c1. The number of pyridine rings is 1. The Balaban J connectivity index is 1.41. The molecule has 1 N–H and O–H groups in total. The zero-order valence-corrected chi connectivity index (χ0v) is 25.5. The molecule has 0 aliphatic carbocycles. The number of fused-ring (bicyclic) bond motifs is 2. The molecule has 10 nitrogen and oxygen atoms in total. The van der Waals surface area contributed by atoms with Crippen LogP contribution in [0.5, 0.6) is 5.75 Å². The van der Waals surface area contributed by atoms with E-state index in [1.54, 1.807) is 37.5 Å². The zero-order chi connectivity index (χ0) is 29.6. The minimum atomic E-state index is -3.88. The highest BCUT2D eigenvalue weighted by atomic mass is 35.5. The van der Waals surface area contributed by atoms with E-state index in [0.29, 0.717) is 34.2 Å². The lowest BCUT2D eigenvalue weighted by Crippen LogP contribution is -2.53. The van der Waals surface area contributed by atoms with Gasteiger partial charge in [-0.05, 0) is 55.6 Å². The van der Waals surface area contributed by atoms with Crippen molar-refractivity contribution in [2.75, 3.05) is 56.4 Å². The molecule has 1 unspecified atom stereocenters. The molecular formula is C28H33ClN4O6S2. The molecule has 1 fully saturated rings. The molecule has 3 heterocycles. The van der Waals surface area contributed by atoms with Crippen LogP contribution in [-0.4, -0.2) is 88.0 Å². The second kappa shape index (κ2) is 11.1. The molecule has 1 aromatic heterocycles. The molecule has 2 aliphatic heterocycles. The van der Waals surface area contributed by atoms with Gasteiger partial charge in [0.1, 0.15) is 12.4 Å². The summed E-state index contributed by atoms with van der Waals surface area (Å²) in [7, 11) is -3.16. The fraction of sp³-hybridized carbons (Fsp3) is 0.429. The Kier molecular flexibility index (Phi) is 8.07. The number of nitrogens with zero attached hydrogens (tertiary/aromatic N) is 3. The number of sulfonamides is 1. The van der Waals surface area contributed by atoms with Gasteiger partial charge in [-0.15, -0.1) is 0 Å². The molecule has 1 saturated heterocycles. The number of benzene rings is 2. The van der Waals surface area contributed by atoms with Gasteiger partial charge >= 0.3 is 0 Å². The van der Waals surface area contributed by atoms with Crippen molar-refractivity contribution in [3.8, 4) is 5.75 Å². The van der Waals surface area contributed by atoms with Crippen LogP contribution in [0, 0.1) is 5.41 Å². The van der Waals surface area contributed by atoms with E-state index in [1.807, 2.05) is 37.2 Å². The second-order valence-electron chi connectivity index (χ2n) is 11.5. The lowest BCUT2D eigenvalue weighted by atomic mass is 9.90. The van der Waals surface area contributed by atoms with Gasteiger partial charge < -0.3 is 15.0 Å². The van der Waals surface area contributed by atoms with Crippen molar-refractivity contribution in [3.63, 3.8) is 0 Å². The highest BCUT2D eigenvalue weighted by Crippen LogP contribution is 2.38. The number of aromatic nitrogens is 1. The van der Waals surface area contributed by atoms with E-state index in [2.05, 4.69) is 10.3 Å². The summed E-state index contributed by atoms with van der Waals surface area (Å²) in [6, 6.07) is 10.7. The van der Waals surface area contributed by atoms with Gasteiger partial charge in [0.25, 0.3) is 0 Å². The van der Waals surface area contributed by atoms with Gasteiger partial charge in [0.15, 0.2) is 9.84 Å². The molecule has 2 aromatic carbocycles. The van der Waals surface area contributed by atoms with Gasteiger partial charge in [0.2, 0.25) is 15.9 Å². The summed E-state index contributed by atoms with van der Waals surface area (Å²) in [6.07, 6.45) is 3.25. The van der Waals surface area contributed by atoms with Crippen molar-refractivity contribution in [2.24, 2.45) is 5.41 Å². The number of nitrogens with one attached hydrogen (secondary N) is 1. The van der Waals surface area contributed by atoms with Crippen molar-refractivity contribution in [1.29, 1.82) is 0 Å². The number of anilines is 1. The topological polar surface area (TPSA) is 126 Å². The summed E-state index contributed by atoms with van der Waals surface area (Å²) in [5.41, 5.74) is 0.945. The first kappa shape index (κ1) is 29.7. The number of rotatable bonds is 9. The minimum absolute atomic E-state index is 0.0743. The Labute approximate surface area is 245 Å². The molecule has 2 aliphatic rings. The Morgan fingerprint density at radius 3 is 2.66 bits per heavy atom. The molecule has 0 radical (unpaired) electrons. The molecule has 0 bridgehead atoms. The quantitative estimate of drug-likeness (QED) is 0.387. The maximum absolute atomic E-state index is 13.8. The predicted molar refractivity (Wildman–Crippen MR) is 160 cm³/mol. The van der Waals surface area contributed by atoms with E-state index in [-0.39, 0.29) is 30.3 Å². The fourth-order valence-electron chi connectivity index (χ4n) is 5.56. The summed E-state index contributed by atoms with van der Waals surface area (Å²) >= 11 is 6.28. The largest absolute Gasteiger partial charge is 0.492 e. The van der Waals surface area contributed by atoms with Crippen LogP contribution in [0.15, 0.2) is 48.8 Å². The van der Waals surface area contributed by atoms with Crippen molar-refractivity contribution in [1.82, 2.24) is 14.2 Å². The molecule has 0 spiro atoms. The lowest BCUT2D eigenvalue weighted by Gasteiger charge is -2.40. The van der Waals surface area contributed by atoms with Crippen LogP contribution in [0.1, 0.15) is 24.0 Å². The van der Waals surface area contributed by atoms with Gasteiger partial charge in [-0.3, -0.25) is 9.78 Å². The van der Waals surface area contributed by atoms with Gasteiger partial charge in [-0.1, -0.05) is 24.6 Å². The molecule has 1 atom stereocenters. The van der Waals surface area contributed by atoms with Crippen molar-refractivity contribution >= 4 is 53.8 Å². The summed E-state index contributed by atoms with van der Waals surface area (Å²) in [5.74, 6) is -1.24. The number of likely N-dealkylation sites (N-methyl/N-ethyl adjacent to an activating group) is 1. The maximum atomic E-state index is 13.8. The van der Waals surface area contributed by atoms with Crippen LogP contribution in [0.3, 0.4) is 0 Å². The van der Waals surface area contributed by atoms with Gasteiger partial charge in [0, 0.05) is 47.0 Å². The second-order valence-corrected chi connectivity index (χ2v) is 16.0. The number of sulfone groups is 1. The Bertz CT molecular complexity index is 1700. The smallest absolute Gasteiger partial charge is 0.233 e. The maximum Gasteiger partial charge on any atom is 0.233 e. The third-order valence-electron chi connectivity index (χ3n) is 7.39. The zero-order valence-electron chi connectivity index (χ0n) is 23.1. The average molecular weight is 621 g/mol. The predicted octanol–water partition coefficient (Wildman–Crippen LogP) is 3.13. The third kappa shape index (κ3) is 6.67. The number of hydrogen-bond donors (Lipinski definition) is 1. The molecule has 220 valence electrons. The fourth-order valence-corrected chi connectivity index (χ4v) is 10.2. The number of carbonyl (C=O) groups is 1. The van der Waals surface area contributed by atoms with Crippen molar-refractivity contribution in [2.45, 2.75) is 19.4 Å². The molecule has 0 saturated carbocycles. The van der Waals surface area contributed by atoms with Crippen LogP contribution in [0.25, 0.3) is 10.8 Å². The van der Waals surface area contributed by atoms with Crippen LogP contribution in [0.4, 0.5) is 5.69 Å². The molecule has 5 rings (SSSR count). The summed E-state index contributed by atoms with van der Waals surface area (Å²) in [5, 5.41) is 4.95. The molecule has 1 amide bonds. The lowest BCUT2D eigenvalue weighted by molar-refractivity contribution is -0.118. The number of ether oxygens (including phenoxy) is 1. The van der Waals surface area contributed by atoms with Crippen LogP contribution in [0.2, 0.25) is 5.02 Å². The number of amides is 1. The van der Waals surface area contributed by atoms with E-state index >= 15 is 0 Å². The number of carbonyl (C=O) groups excluding carboxylic acids is 1. The van der Waals surface area contributed by atoms with E-state index in [4.69, 9.17) is 16.3 Å². The van der Waals surface area contributed by atoms with Gasteiger partial charge in [-0.2, -0.15) is 4.31 Å². The first-order valence-corrected chi connectivity index (χ1v) is 17.0. The molecule has 13 heteroatoms. The molecule has 3 aromatic rings. The summed E-state index contributed by atoms with van der Waals surface area (Å²) in [6.45, 7) is 2.89. The van der Waals surface area contributed by atoms with Crippen molar-refractivity contribution in [3.05, 3.63) is 64.9 Å². The number of hydrogen-bond acceptors (Lipinski definition) is 8. The van der Waals surface area contributed by atoms with Crippen LogP contribution < -0.4 is 10.1 Å².